The van der Waals surface area contributed by atoms with Gasteiger partial charge in [-0.3, -0.25) is 15.0 Å². The van der Waals surface area contributed by atoms with E-state index in [9.17, 15) is 10.1 Å². The molecule has 0 radical (unpaired) electrons. The van der Waals surface area contributed by atoms with Crippen molar-refractivity contribution in [1.82, 2.24) is 4.90 Å². The second-order valence-corrected chi connectivity index (χ2v) is 4.92. The number of likely N-dealkylation sites (tertiary alicyclic amines) is 1. The summed E-state index contributed by atoms with van der Waals surface area (Å²) in [6, 6.07) is 4.53. The van der Waals surface area contributed by atoms with Gasteiger partial charge in [0.15, 0.2) is 0 Å². The normalized spacial score (nSPS) is 15.4. The number of benzene rings is 1. The molecular formula is C14H20N2O4. The van der Waals surface area contributed by atoms with Crippen LogP contribution >= 0.6 is 0 Å². The zero-order chi connectivity index (χ0) is 14.4. The quantitative estimate of drug-likeness (QED) is 0.606. The Morgan fingerprint density at radius 1 is 1.35 bits per heavy atom. The number of non-ortho nitro benzene ring substituents is 1. The molecule has 0 saturated carbocycles. The van der Waals surface area contributed by atoms with Crippen LogP contribution in [-0.4, -0.2) is 47.8 Å². The number of hydrogen-bond donors (Lipinski definition) is 1. The summed E-state index contributed by atoms with van der Waals surface area (Å²) in [4.78, 5) is 12.7. The van der Waals surface area contributed by atoms with E-state index in [-0.39, 0.29) is 12.3 Å². The Morgan fingerprint density at radius 2 is 2.10 bits per heavy atom. The van der Waals surface area contributed by atoms with Crippen LogP contribution in [-0.2, 0) is 6.42 Å². The molecule has 20 heavy (non-hydrogen) atoms. The minimum atomic E-state index is -0.436. The van der Waals surface area contributed by atoms with E-state index < -0.39 is 4.92 Å². The molecule has 0 atom stereocenters. The van der Waals surface area contributed by atoms with E-state index >= 15 is 0 Å². The van der Waals surface area contributed by atoms with Crippen molar-refractivity contribution in [3.8, 4) is 5.75 Å². The zero-order valence-electron chi connectivity index (χ0n) is 11.5. The van der Waals surface area contributed by atoms with Gasteiger partial charge in [0.05, 0.1) is 4.92 Å². The molecule has 0 aliphatic carbocycles. The number of aliphatic hydroxyl groups excluding tert-OH is 1. The third-order valence-corrected chi connectivity index (χ3v) is 3.50. The Labute approximate surface area is 118 Å². The van der Waals surface area contributed by atoms with Crippen LogP contribution in [0.2, 0.25) is 0 Å². The minimum Gasteiger partial charge on any atom is -0.492 e. The number of hydrogen-bond acceptors (Lipinski definition) is 5. The number of aliphatic hydroxyl groups is 1. The lowest BCUT2D eigenvalue weighted by Crippen LogP contribution is -2.25. The van der Waals surface area contributed by atoms with E-state index in [0.717, 1.165) is 19.6 Å². The second-order valence-electron chi connectivity index (χ2n) is 4.92. The van der Waals surface area contributed by atoms with Crippen molar-refractivity contribution < 1.29 is 14.8 Å². The monoisotopic (exact) mass is 280 g/mol. The topological polar surface area (TPSA) is 75.8 Å². The fraction of sp³-hybridized carbons (Fsp3) is 0.571. The first kappa shape index (κ1) is 14.7. The van der Waals surface area contributed by atoms with Crippen molar-refractivity contribution >= 4 is 5.69 Å². The number of nitro groups is 1. The van der Waals surface area contributed by atoms with Crippen LogP contribution in [0.25, 0.3) is 0 Å². The predicted octanol–water partition coefficient (Wildman–Crippen LogP) is 1.60. The predicted molar refractivity (Wildman–Crippen MR) is 75.1 cm³/mol. The lowest BCUT2D eigenvalue weighted by atomic mass is 10.1. The number of rotatable bonds is 7. The maximum Gasteiger partial charge on any atom is 0.269 e. The zero-order valence-corrected chi connectivity index (χ0v) is 11.5. The first-order chi connectivity index (χ1) is 9.70. The van der Waals surface area contributed by atoms with Gasteiger partial charge < -0.3 is 9.84 Å². The average molecular weight is 280 g/mol. The summed E-state index contributed by atoms with van der Waals surface area (Å²) in [6.45, 7) is 3.62. The van der Waals surface area contributed by atoms with Crippen LogP contribution in [0, 0.1) is 10.1 Å². The van der Waals surface area contributed by atoms with Crippen molar-refractivity contribution in [2.75, 3.05) is 32.8 Å². The lowest BCUT2D eigenvalue weighted by Gasteiger charge is -2.16. The third kappa shape index (κ3) is 3.91. The average Bonchev–Trinajstić information content (AvgIpc) is 2.93. The van der Waals surface area contributed by atoms with Crippen LogP contribution in [0.4, 0.5) is 5.69 Å². The summed E-state index contributed by atoms with van der Waals surface area (Å²) in [7, 11) is 0. The van der Waals surface area contributed by atoms with Crippen molar-refractivity contribution in [3.63, 3.8) is 0 Å². The minimum absolute atomic E-state index is 0.0281. The maximum absolute atomic E-state index is 10.8. The third-order valence-electron chi connectivity index (χ3n) is 3.50. The fourth-order valence-electron chi connectivity index (χ4n) is 2.43. The molecule has 1 fully saturated rings. The largest absolute Gasteiger partial charge is 0.492 e. The first-order valence-corrected chi connectivity index (χ1v) is 6.94. The van der Waals surface area contributed by atoms with Crippen LogP contribution < -0.4 is 4.74 Å². The molecular weight excluding hydrogens is 260 g/mol. The lowest BCUT2D eigenvalue weighted by molar-refractivity contribution is -0.384. The molecule has 2 rings (SSSR count). The van der Waals surface area contributed by atoms with Crippen molar-refractivity contribution in [2.24, 2.45) is 0 Å². The second kappa shape index (κ2) is 7.21. The SMILES string of the molecule is O=[N+]([O-])c1ccc(OCCN2CCCC2)c(CCO)c1. The molecule has 1 aliphatic heterocycles. The highest BCUT2D eigenvalue weighted by Crippen LogP contribution is 2.24. The molecule has 0 amide bonds. The molecule has 1 aliphatic rings. The Kier molecular flexibility index (Phi) is 5.31. The van der Waals surface area contributed by atoms with Crippen LogP contribution in [0.3, 0.4) is 0 Å². The molecule has 0 bridgehead atoms. The summed E-state index contributed by atoms with van der Waals surface area (Å²) in [5, 5.41) is 19.8. The van der Waals surface area contributed by atoms with Gasteiger partial charge in [-0.05, 0) is 38.4 Å². The molecule has 1 saturated heterocycles. The standard InChI is InChI=1S/C14H20N2O4/c17-9-5-12-11-13(16(18)19)3-4-14(12)20-10-8-15-6-1-2-7-15/h3-4,11,17H,1-2,5-10H2. The van der Waals surface area contributed by atoms with Gasteiger partial charge in [-0.15, -0.1) is 0 Å². The van der Waals surface area contributed by atoms with E-state index in [0.29, 0.717) is 24.3 Å². The summed E-state index contributed by atoms with van der Waals surface area (Å²) in [6.07, 6.45) is 2.85. The Hall–Kier alpha value is -1.66. The summed E-state index contributed by atoms with van der Waals surface area (Å²) < 4.78 is 5.71. The van der Waals surface area contributed by atoms with Gasteiger partial charge in [0.25, 0.3) is 5.69 Å². The van der Waals surface area contributed by atoms with Gasteiger partial charge in [-0.25, -0.2) is 0 Å². The van der Waals surface area contributed by atoms with Gasteiger partial charge >= 0.3 is 0 Å². The van der Waals surface area contributed by atoms with Gasteiger partial charge in [0.2, 0.25) is 0 Å². The van der Waals surface area contributed by atoms with Gasteiger partial charge in [0, 0.05) is 30.8 Å². The van der Waals surface area contributed by atoms with Gasteiger partial charge in [0.1, 0.15) is 12.4 Å². The molecule has 1 aromatic carbocycles. The van der Waals surface area contributed by atoms with Gasteiger partial charge in [-0.1, -0.05) is 0 Å². The molecule has 0 aromatic heterocycles. The van der Waals surface area contributed by atoms with Crippen molar-refractivity contribution in [3.05, 3.63) is 33.9 Å². The van der Waals surface area contributed by atoms with Crippen LogP contribution in [0.15, 0.2) is 18.2 Å². The summed E-state index contributed by atoms with van der Waals surface area (Å²) in [5.41, 5.74) is 0.712. The smallest absolute Gasteiger partial charge is 0.269 e. The van der Waals surface area contributed by atoms with Gasteiger partial charge in [-0.2, -0.15) is 0 Å². The van der Waals surface area contributed by atoms with Crippen molar-refractivity contribution in [2.45, 2.75) is 19.3 Å². The molecule has 6 nitrogen and oxygen atoms in total. The highest BCUT2D eigenvalue weighted by Gasteiger charge is 2.13. The van der Waals surface area contributed by atoms with E-state index in [1.54, 1.807) is 6.07 Å². The Morgan fingerprint density at radius 3 is 2.75 bits per heavy atom. The Balaban J connectivity index is 1.96. The fourth-order valence-corrected chi connectivity index (χ4v) is 2.43. The highest BCUT2D eigenvalue weighted by molar-refractivity contribution is 5.44. The molecule has 1 N–H and O–H groups in total. The molecule has 0 spiro atoms. The van der Waals surface area contributed by atoms with Crippen LogP contribution in [0.5, 0.6) is 5.75 Å². The van der Waals surface area contributed by atoms with E-state index in [1.807, 2.05) is 0 Å². The molecule has 1 aromatic rings. The Bertz CT molecular complexity index is 458. The number of nitrogens with zero attached hydrogens (tertiary/aromatic N) is 2. The van der Waals surface area contributed by atoms with Crippen molar-refractivity contribution in [1.29, 1.82) is 0 Å². The first-order valence-electron chi connectivity index (χ1n) is 6.94. The molecule has 1 heterocycles. The maximum atomic E-state index is 10.8. The van der Waals surface area contributed by atoms with E-state index in [1.165, 1.54) is 25.0 Å². The van der Waals surface area contributed by atoms with Crippen LogP contribution in [0.1, 0.15) is 18.4 Å². The highest BCUT2D eigenvalue weighted by atomic mass is 16.6. The van der Waals surface area contributed by atoms with E-state index in [4.69, 9.17) is 9.84 Å². The molecule has 6 heteroatoms. The summed E-state index contributed by atoms with van der Waals surface area (Å²) >= 11 is 0. The molecule has 110 valence electrons. The van der Waals surface area contributed by atoms with E-state index in [2.05, 4.69) is 4.90 Å². The number of ether oxygens (including phenoxy) is 1. The molecule has 0 unspecified atom stereocenters. The number of nitro benzene ring substituents is 1. The summed E-state index contributed by atoms with van der Waals surface area (Å²) in [5.74, 6) is 0.629.